The van der Waals surface area contributed by atoms with Crippen molar-refractivity contribution in [3.8, 4) is 5.75 Å². The summed E-state index contributed by atoms with van der Waals surface area (Å²) in [6.45, 7) is 0.638. The first kappa shape index (κ1) is 13.4. The Kier molecular flexibility index (Phi) is 4.78. The van der Waals surface area contributed by atoms with Gasteiger partial charge in [-0.1, -0.05) is 18.2 Å². The summed E-state index contributed by atoms with van der Waals surface area (Å²) in [5.74, 6) is 0.822. The molecule has 1 fully saturated rings. The van der Waals surface area contributed by atoms with E-state index in [1.54, 1.807) is 12.1 Å². The van der Waals surface area contributed by atoms with Crippen molar-refractivity contribution in [3.63, 3.8) is 0 Å². The Labute approximate surface area is 112 Å². The van der Waals surface area contributed by atoms with Gasteiger partial charge in [0.1, 0.15) is 5.75 Å². The topological polar surface area (TPSA) is 67.4 Å². The second kappa shape index (κ2) is 6.78. The van der Waals surface area contributed by atoms with Crippen molar-refractivity contribution in [3.05, 3.63) is 30.3 Å². The molecule has 0 bridgehead atoms. The average Bonchev–Trinajstić information content (AvgIpc) is 3.26. The van der Waals surface area contributed by atoms with Gasteiger partial charge in [0.2, 0.25) is 5.91 Å². The first-order chi connectivity index (χ1) is 9.24. The summed E-state index contributed by atoms with van der Waals surface area (Å²) in [4.78, 5) is 22.8. The highest BCUT2D eigenvalue weighted by Gasteiger charge is 2.21. The summed E-state index contributed by atoms with van der Waals surface area (Å²) in [7, 11) is 0. The lowest BCUT2D eigenvalue weighted by Gasteiger charge is -2.07. The van der Waals surface area contributed by atoms with E-state index in [-0.39, 0.29) is 25.0 Å². The molecule has 1 aliphatic rings. The average molecular weight is 262 g/mol. The quantitative estimate of drug-likeness (QED) is 0.760. The van der Waals surface area contributed by atoms with Crippen LogP contribution >= 0.6 is 0 Å². The second-order valence-corrected chi connectivity index (χ2v) is 4.63. The molecule has 2 rings (SSSR count). The van der Waals surface area contributed by atoms with Crippen molar-refractivity contribution in [2.24, 2.45) is 5.92 Å². The smallest absolute Gasteiger partial charge is 0.258 e. The maximum atomic E-state index is 11.5. The van der Waals surface area contributed by atoms with E-state index < -0.39 is 0 Å². The minimum Gasteiger partial charge on any atom is -0.484 e. The van der Waals surface area contributed by atoms with Gasteiger partial charge in [0.25, 0.3) is 5.91 Å². The Hall–Kier alpha value is -2.04. The third-order valence-electron chi connectivity index (χ3n) is 2.84. The molecule has 2 amide bonds. The fraction of sp³-hybridized carbons (Fsp3) is 0.429. The van der Waals surface area contributed by atoms with Crippen LogP contribution in [0, 0.1) is 5.92 Å². The predicted octanol–water partition coefficient (Wildman–Crippen LogP) is 0.708. The van der Waals surface area contributed by atoms with Gasteiger partial charge in [-0.3, -0.25) is 9.59 Å². The Bertz CT molecular complexity index is 430. The first-order valence-corrected chi connectivity index (χ1v) is 6.45. The zero-order valence-corrected chi connectivity index (χ0v) is 10.7. The third-order valence-corrected chi connectivity index (χ3v) is 2.84. The normalized spacial score (nSPS) is 13.7. The lowest BCUT2D eigenvalue weighted by atomic mass is 10.3. The van der Waals surface area contributed by atoms with Crippen molar-refractivity contribution < 1.29 is 14.3 Å². The number of carbonyl (C=O) groups is 2. The molecule has 0 atom stereocenters. The zero-order valence-electron chi connectivity index (χ0n) is 10.7. The highest BCUT2D eigenvalue weighted by Crippen LogP contribution is 2.27. The molecule has 1 aromatic carbocycles. The van der Waals surface area contributed by atoms with E-state index in [1.807, 2.05) is 18.2 Å². The van der Waals surface area contributed by atoms with Crippen LogP contribution in [0.1, 0.15) is 12.8 Å². The lowest BCUT2D eigenvalue weighted by Crippen LogP contribution is -2.39. The Morgan fingerprint density at radius 1 is 1.11 bits per heavy atom. The van der Waals surface area contributed by atoms with Gasteiger partial charge >= 0.3 is 0 Å². The number of benzene rings is 1. The summed E-state index contributed by atoms with van der Waals surface area (Å²) in [5.41, 5.74) is 0. The highest BCUT2D eigenvalue weighted by molar-refractivity contribution is 5.85. The van der Waals surface area contributed by atoms with Gasteiger partial charge in [0.05, 0.1) is 6.54 Å². The number of ether oxygens (including phenoxy) is 1. The fourth-order valence-electron chi connectivity index (χ4n) is 1.54. The molecule has 5 nitrogen and oxygen atoms in total. The van der Waals surface area contributed by atoms with E-state index in [1.165, 1.54) is 12.8 Å². The lowest BCUT2D eigenvalue weighted by molar-refractivity contribution is -0.127. The molecule has 0 saturated heterocycles. The number of hydrogen-bond acceptors (Lipinski definition) is 3. The van der Waals surface area contributed by atoms with Crippen molar-refractivity contribution in [1.29, 1.82) is 0 Å². The third kappa shape index (κ3) is 5.42. The zero-order chi connectivity index (χ0) is 13.5. The Morgan fingerprint density at radius 3 is 2.53 bits per heavy atom. The van der Waals surface area contributed by atoms with Crippen molar-refractivity contribution in [1.82, 2.24) is 10.6 Å². The van der Waals surface area contributed by atoms with E-state index in [9.17, 15) is 9.59 Å². The van der Waals surface area contributed by atoms with Crippen LogP contribution in [0.3, 0.4) is 0 Å². The number of amides is 2. The first-order valence-electron chi connectivity index (χ1n) is 6.45. The van der Waals surface area contributed by atoms with Crippen molar-refractivity contribution in [2.75, 3.05) is 19.7 Å². The minimum absolute atomic E-state index is 0.00367. The summed E-state index contributed by atoms with van der Waals surface area (Å²) < 4.78 is 5.26. The molecular formula is C14H18N2O3. The molecule has 1 aromatic rings. The molecule has 1 aliphatic carbocycles. The van der Waals surface area contributed by atoms with E-state index in [0.717, 1.165) is 6.54 Å². The molecular weight excluding hydrogens is 244 g/mol. The monoisotopic (exact) mass is 262 g/mol. The summed E-state index contributed by atoms with van der Waals surface area (Å²) in [5, 5.41) is 5.30. The summed E-state index contributed by atoms with van der Waals surface area (Å²) in [6.07, 6.45) is 2.38. The molecule has 19 heavy (non-hydrogen) atoms. The van der Waals surface area contributed by atoms with Gasteiger partial charge in [-0.25, -0.2) is 0 Å². The van der Waals surface area contributed by atoms with Crippen LogP contribution in [0.2, 0.25) is 0 Å². The van der Waals surface area contributed by atoms with Crippen molar-refractivity contribution in [2.45, 2.75) is 12.8 Å². The summed E-state index contributed by atoms with van der Waals surface area (Å²) in [6, 6.07) is 9.08. The Balaban J connectivity index is 1.57. The van der Waals surface area contributed by atoms with Gasteiger partial charge in [-0.15, -0.1) is 0 Å². The summed E-state index contributed by atoms with van der Waals surface area (Å²) >= 11 is 0. The van der Waals surface area contributed by atoms with E-state index in [0.29, 0.717) is 11.7 Å². The molecule has 102 valence electrons. The van der Waals surface area contributed by atoms with Gasteiger partial charge < -0.3 is 15.4 Å². The number of nitrogens with one attached hydrogen (secondary N) is 2. The maximum Gasteiger partial charge on any atom is 0.258 e. The van der Waals surface area contributed by atoms with Gasteiger partial charge in [0.15, 0.2) is 6.61 Å². The number of hydrogen-bond donors (Lipinski definition) is 2. The van der Waals surface area contributed by atoms with Crippen LogP contribution in [0.5, 0.6) is 5.75 Å². The molecule has 5 heteroatoms. The molecule has 0 spiro atoms. The number of rotatable bonds is 7. The largest absolute Gasteiger partial charge is 0.484 e. The van der Waals surface area contributed by atoms with Gasteiger partial charge in [0, 0.05) is 6.54 Å². The van der Waals surface area contributed by atoms with Crippen LogP contribution in [0.25, 0.3) is 0 Å². The van der Waals surface area contributed by atoms with E-state index in [4.69, 9.17) is 4.74 Å². The molecule has 2 N–H and O–H groups in total. The number of carbonyl (C=O) groups excluding carboxylic acids is 2. The number of para-hydroxylation sites is 1. The molecule has 0 aliphatic heterocycles. The molecule has 0 radical (unpaired) electrons. The van der Waals surface area contributed by atoms with Crippen LogP contribution in [0.4, 0.5) is 0 Å². The molecule has 0 aromatic heterocycles. The van der Waals surface area contributed by atoms with Crippen LogP contribution in [-0.4, -0.2) is 31.5 Å². The molecule has 0 heterocycles. The fourth-order valence-corrected chi connectivity index (χ4v) is 1.54. The predicted molar refractivity (Wildman–Crippen MR) is 70.7 cm³/mol. The van der Waals surface area contributed by atoms with E-state index in [2.05, 4.69) is 10.6 Å². The van der Waals surface area contributed by atoms with E-state index >= 15 is 0 Å². The highest BCUT2D eigenvalue weighted by atomic mass is 16.5. The van der Waals surface area contributed by atoms with Crippen molar-refractivity contribution >= 4 is 11.8 Å². The minimum atomic E-state index is -0.301. The Morgan fingerprint density at radius 2 is 1.84 bits per heavy atom. The second-order valence-electron chi connectivity index (χ2n) is 4.63. The maximum absolute atomic E-state index is 11.5. The van der Waals surface area contributed by atoms with Crippen LogP contribution in [0.15, 0.2) is 30.3 Å². The SMILES string of the molecule is O=C(CNC(=O)COc1ccccc1)NCC1CC1. The molecule has 1 saturated carbocycles. The standard InChI is InChI=1S/C14H18N2O3/c17-13(15-8-11-6-7-11)9-16-14(18)10-19-12-4-2-1-3-5-12/h1-5,11H,6-10H2,(H,15,17)(H,16,18). The van der Waals surface area contributed by atoms with Crippen LogP contribution < -0.4 is 15.4 Å². The molecule has 0 unspecified atom stereocenters. The van der Waals surface area contributed by atoms with Gasteiger partial charge in [-0.05, 0) is 30.9 Å². The van der Waals surface area contributed by atoms with Gasteiger partial charge in [-0.2, -0.15) is 0 Å². The van der Waals surface area contributed by atoms with Crippen LogP contribution in [-0.2, 0) is 9.59 Å².